The summed E-state index contributed by atoms with van der Waals surface area (Å²) in [4.78, 5) is 9.23. The van der Waals surface area contributed by atoms with Gasteiger partial charge in [-0.3, -0.25) is 14.8 Å². The highest BCUT2D eigenvalue weighted by Gasteiger charge is 2.21. The quantitative estimate of drug-likeness (QED) is 0.385. The van der Waals surface area contributed by atoms with E-state index >= 15 is 0 Å². The first-order chi connectivity index (χ1) is 14.4. The van der Waals surface area contributed by atoms with E-state index < -0.39 is 0 Å². The van der Waals surface area contributed by atoms with Crippen LogP contribution in [0.5, 0.6) is 5.75 Å². The van der Waals surface area contributed by atoms with Gasteiger partial charge in [0.05, 0.1) is 21.5 Å². The first-order valence-corrected chi connectivity index (χ1v) is 10.8. The predicted molar refractivity (Wildman–Crippen MR) is 130 cm³/mol. The molecule has 6 heteroatoms. The molecule has 1 aromatic rings. The van der Waals surface area contributed by atoms with E-state index in [0.29, 0.717) is 0 Å². The van der Waals surface area contributed by atoms with Gasteiger partial charge >= 0.3 is 0 Å². The number of hydrogen-bond donors (Lipinski definition) is 1. The van der Waals surface area contributed by atoms with Crippen molar-refractivity contribution in [2.24, 2.45) is 4.99 Å². The van der Waals surface area contributed by atoms with Crippen LogP contribution < -0.4 is 10.1 Å². The van der Waals surface area contributed by atoms with Crippen LogP contribution in [0.1, 0.15) is 35.6 Å². The largest absolute Gasteiger partial charge is 0.496 e. The number of benzene rings is 1. The van der Waals surface area contributed by atoms with E-state index in [-0.39, 0.29) is 5.82 Å². The molecule has 1 unspecified atom stereocenters. The lowest BCUT2D eigenvalue weighted by Crippen LogP contribution is -2.48. The van der Waals surface area contributed by atoms with Crippen LogP contribution in [0.3, 0.4) is 0 Å². The summed E-state index contributed by atoms with van der Waals surface area (Å²) in [7, 11) is 9.72. The maximum Gasteiger partial charge on any atom is 0.124 e. The molecule has 0 bridgehead atoms. The third-order valence-corrected chi connectivity index (χ3v) is 5.93. The number of nitrogens with zero attached hydrogens (tertiary/aromatic N) is 3. The molecule has 1 atom stereocenters. The summed E-state index contributed by atoms with van der Waals surface area (Å²) in [6.45, 7) is 15.9. The third kappa shape index (κ3) is 6.48. The molecule has 0 aromatic heterocycles. The lowest BCUT2D eigenvalue weighted by atomic mass is 9.84. The highest BCUT2D eigenvalue weighted by molar-refractivity contribution is 6.13. The van der Waals surface area contributed by atoms with Gasteiger partial charge in [0, 0.05) is 45.3 Å². The van der Waals surface area contributed by atoms with Crippen LogP contribution in [-0.4, -0.2) is 70.4 Å². The van der Waals surface area contributed by atoms with Gasteiger partial charge in [-0.1, -0.05) is 37.9 Å². The molecule has 0 amide bonds. The highest BCUT2D eigenvalue weighted by Crippen LogP contribution is 2.31. The minimum absolute atomic E-state index is 0.0749. The molecule has 1 aromatic carbocycles. The molecule has 2 rings (SSSR count). The van der Waals surface area contributed by atoms with Crippen molar-refractivity contribution >= 4 is 19.8 Å². The molecule has 1 aliphatic rings. The van der Waals surface area contributed by atoms with E-state index in [1.165, 1.54) is 22.3 Å². The fraction of sp³-hybridized carbons (Fsp3) is 0.542. The van der Waals surface area contributed by atoms with Crippen molar-refractivity contribution < 1.29 is 4.74 Å². The van der Waals surface area contributed by atoms with Crippen molar-refractivity contribution in [3.63, 3.8) is 0 Å². The van der Waals surface area contributed by atoms with E-state index in [0.717, 1.165) is 57.3 Å². The Labute approximate surface area is 184 Å². The number of piperazine rings is 1. The first-order valence-electron chi connectivity index (χ1n) is 10.8. The van der Waals surface area contributed by atoms with Crippen molar-refractivity contribution in [1.82, 2.24) is 15.1 Å². The van der Waals surface area contributed by atoms with E-state index in [1.807, 2.05) is 7.05 Å². The molecular weight excluding hydrogens is 371 g/mol. The van der Waals surface area contributed by atoms with E-state index in [9.17, 15) is 0 Å². The maximum absolute atomic E-state index is 6.15. The van der Waals surface area contributed by atoms with Gasteiger partial charge in [-0.2, -0.15) is 0 Å². The van der Waals surface area contributed by atoms with Gasteiger partial charge in [-0.05, 0) is 42.8 Å². The summed E-state index contributed by atoms with van der Waals surface area (Å²) in [5.74, 6) is 1.99. The Morgan fingerprint density at radius 1 is 1.30 bits per heavy atom. The van der Waals surface area contributed by atoms with Crippen LogP contribution in [0.4, 0.5) is 0 Å². The summed E-state index contributed by atoms with van der Waals surface area (Å²) >= 11 is 0. The van der Waals surface area contributed by atoms with Crippen molar-refractivity contribution in [2.45, 2.75) is 39.6 Å². The number of hydrogen-bond acceptors (Lipinski definition) is 4. The molecule has 0 saturated carbocycles. The summed E-state index contributed by atoms with van der Waals surface area (Å²) in [5, 5.41) is 3.12. The Hall–Kier alpha value is -2.05. The summed E-state index contributed by atoms with van der Waals surface area (Å²) < 4.78 is 5.78. The molecule has 1 heterocycles. The second-order valence-electron chi connectivity index (χ2n) is 7.92. The fourth-order valence-corrected chi connectivity index (χ4v) is 3.73. The van der Waals surface area contributed by atoms with Crippen molar-refractivity contribution in [2.75, 3.05) is 46.9 Å². The number of ether oxygens (including phenoxy) is 1. The lowest BCUT2D eigenvalue weighted by Gasteiger charge is -2.35. The average molecular weight is 408 g/mol. The van der Waals surface area contributed by atoms with Crippen molar-refractivity contribution in [1.29, 1.82) is 0 Å². The van der Waals surface area contributed by atoms with E-state index in [1.54, 1.807) is 13.3 Å². The summed E-state index contributed by atoms with van der Waals surface area (Å²) in [6, 6.07) is 2.16. The fourth-order valence-electron chi connectivity index (χ4n) is 3.73. The number of nitrogens with one attached hydrogen (secondary N) is 1. The number of methoxy groups -OCH3 is 1. The summed E-state index contributed by atoms with van der Waals surface area (Å²) in [6.07, 6.45) is 6.92. The van der Waals surface area contributed by atoms with Crippen molar-refractivity contribution in [3.8, 4) is 5.75 Å². The predicted octanol–water partition coefficient (Wildman–Crippen LogP) is 3.57. The van der Waals surface area contributed by atoms with Crippen molar-refractivity contribution in [3.05, 3.63) is 47.2 Å². The van der Waals surface area contributed by atoms with Crippen LogP contribution >= 0.6 is 0 Å². The molecule has 5 nitrogen and oxygen atoms in total. The molecular formula is C24H37BN4O. The Morgan fingerprint density at radius 2 is 1.97 bits per heavy atom. The van der Waals surface area contributed by atoms with Crippen LogP contribution in [0.25, 0.3) is 6.08 Å². The Bertz CT molecular complexity index is 767. The van der Waals surface area contributed by atoms with Gasteiger partial charge in [-0.15, -0.1) is 0 Å². The number of aliphatic imine (C=N–C) groups is 1. The maximum atomic E-state index is 6.15. The van der Waals surface area contributed by atoms with E-state index in [2.05, 4.69) is 65.7 Å². The highest BCUT2D eigenvalue weighted by atomic mass is 16.5. The Kier molecular flexibility index (Phi) is 9.66. The number of aryl methyl sites for hydroxylation is 1. The topological polar surface area (TPSA) is 40.1 Å². The van der Waals surface area contributed by atoms with Gasteiger partial charge in [0.25, 0.3) is 0 Å². The molecule has 2 radical (unpaired) electrons. The van der Waals surface area contributed by atoms with Gasteiger partial charge in [0.15, 0.2) is 0 Å². The van der Waals surface area contributed by atoms with E-state index in [4.69, 9.17) is 12.6 Å². The minimum atomic E-state index is 0.0749. The standard InChI is InChI=1S/C24H37BN4O/c1-7-20(25)9-10-21-19(4)18(3)15-23(30-6)22(21)16-28-11-13-29(14-12-28)17-24(26-5)27-8-2/h8-10,15,20H,2,7,11-14,16-17H2,1,3-6H3,(H,26,27)/b10-9-. The molecule has 0 aliphatic carbocycles. The van der Waals surface area contributed by atoms with Gasteiger partial charge in [-0.25, -0.2) is 0 Å². The third-order valence-electron chi connectivity index (χ3n) is 5.93. The number of allylic oxidation sites excluding steroid dienone is 1. The molecule has 30 heavy (non-hydrogen) atoms. The zero-order valence-corrected chi connectivity index (χ0v) is 19.4. The Balaban J connectivity index is 2.15. The molecule has 1 fully saturated rings. The Morgan fingerprint density at radius 3 is 2.53 bits per heavy atom. The second kappa shape index (κ2) is 12.0. The molecule has 1 aliphatic heterocycles. The molecule has 0 spiro atoms. The van der Waals surface area contributed by atoms with Crippen LogP contribution in [-0.2, 0) is 6.54 Å². The molecule has 1 N–H and O–H groups in total. The smallest absolute Gasteiger partial charge is 0.124 e. The minimum Gasteiger partial charge on any atom is -0.496 e. The zero-order valence-electron chi connectivity index (χ0n) is 19.4. The van der Waals surface area contributed by atoms with Crippen LogP contribution in [0, 0.1) is 13.8 Å². The summed E-state index contributed by atoms with van der Waals surface area (Å²) in [5.41, 5.74) is 5.03. The molecule has 1 saturated heterocycles. The zero-order chi connectivity index (χ0) is 22.1. The van der Waals surface area contributed by atoms with Gasteiger partial charge in [0.2, 0.25) is 0 Å². The normalized spacial score (nSPS) is 17.3. The first kappa shape index (κ1) is 24.2. The number of amidine groups is 1. The van der Waals surface area contributed by atoms with Crippen LogP contribution in [0.2, 0.25) is 5.82 Å². The monoisotopic (exact) mass is 408 g/mol. The average Bonchev–Trinajstić information content (AvgIpc) is 2.76. The van der Waals surface area contributed by atoms with Gasteiger partial charge in [0.1, 0.15) is 11.6 Å². The SMILES string of the molecule is [B]C(/C=C\c1c(C)c(C)cc(OC)c1CN1CCN(CC(=NC)NC=C)CC1)CC. The van der Waals surface area contributed by atoms with Gasteiger partial charge < -0.3 is 10.1 Å². The number of rotatable bonds is 9. The van der Waals surface area contributed by atoms with Crippen LogP contribution in [0.15, 0.2) is 29.9 Å². The molecule has 162 valence electrons. The lowest BCUT2D eigenvalue weighted by molar-refractivity contribution is 0.138. The second-order valence-corrected chi connectivity index (χ2v) is 7.92.